The Hall–Kier alpha value is -1.74. The van der Waals surface area contributed by atoms with Gasteiger partial charge in [-0.15, -0.1) is 0 Å². The molecule has 0 unspecified atom stereocenters. The summed E-state index contributed by atoms with van der Waals surface area (Å²) in [6.45, 7) is 0. The lowest BCUT2D eigenvalue weighted by Gasteiger charge is -2.07. The first-order valence-corrected chi connectivity index (χ1v) is 4.81. The van der Waals surface area contributed by atoms with Crippen molar-refractivity contribution in [2.45, 2.75) is 12.8 Å². The van der Waals surface area contributed by atoms with Crippen molar-refractivity contribution in [3.05, 3.63) is 28.0 Å². The molecule has 17 heavy (non-hydrogen) atoms. The van der Waals surface area contributed by atoms with Crippen molar-refractivity contribution >= 4 is 17.6 Å². The second kappa shape index (κ2) is 5.55. The highest BCUT2D eigenvalue weighted by Gasteiger charge is 2.19. The van der Waals surface area contributed by atoms with Crippen molar-refractivity contribution in [1.29, 1.82) is 5.26 Å². The lowest BCUT2D eigenvalue weighted by Crippen LogP contribution is -2.08. The number of pyridine rings is 1. The Bertz CT molecular complexity index is 486. The van der Waals surface area contributed by atoms with Gasteiger partial charge in [-0.2, -0.15) is 5.26 Å². The van der Waals surface area contributed by atoms with E-state index in [0.717, 1.165) is 7.11 Å². The van der Waals surface area contributed by atoms with E-state index in [-0.39, 0.29) is 17.7 Å². The molecule has 4 nitrogen and oxygen atoms in total. The Morgan fingerprint density at radius 1 is 1.71 bits per heavy atom. The second-order valence-electron chi connectivity index (χ2n) is 3.03. The molecule has 0 N–H and O–H groups in total. The molecule has 0 radical (unpaired) electrons. The Balaban J connectivity index is 3.21. The molecule has 0 saturated heterocycles. The molecule has 1 aromatic heterocycles. The first-order valence-electron chi connectivity index (χ1n) is 4.44. The van der Waals surface area contributed by atoms with E-state index >= 15 is 0 Å². The molecule has 1 aromatic rings. The molecule has 7 heteroatoms. The van der Waals surface area contributed by atoms with Crippen molar-refractivity contribution < 1.29 is 18.3 Å². The van der Waals surface area contributed by atoms with E-state index in [2.05, 4.69) is 9.72 Å². The SMILES string of the molecule is COC(=O)Cc1cc(C#N)c(Cl)c(C(F)F)n1. The highest BCUT2D eigenvalue weighted by Crippen LogP contribution is 2.28. The number of esters is 1. The van der Waals surface area contributed by atoms with Crippen molar-refractivity contribution in [2.24, 2.45) is 0 Å². The highest BCUT2D eigenvalue weighted by atomic mass is 35.5. The van der Waals surface area contributed by atoms with Gasteiger partial charge in [0, 0.05) is 0 Å². The van der Waals surface area contributed by atoms with Crippen molar-refractivity contribution in [3.8, 4) is 6.07 Å². The van der Waals surface area contributed by atoms with Gasteiger partial charge in [0.25, 0.3) is 6.43 Å². The topological polar surface area (TPSA) is 63.0 Å². The van der Waals surface area contributed by atoms with Gasteiger partial charge in [-0.1, -0.05) is 11.6 Å². The fourth-order valence-electron chi connectivity index (χ4n) is 1.14. The van der Waals surface area contributed by atoms with Crippen molar-refractivity contribution in [2.75, 3.05) is 7.11 Å². The average molecular weight is 261 g/mol. The molecule has 0 spiro atoms. The maximum atomic E-state index is 12.6. The number of carbonyl (C=O) groups excluding carboxylic acids is 1. The fourth-order valence-corrected chi connectivity index (χ4v) is 1.36. The van der Waals surface area contributed by atoms with Crippen LogP contribution >= 0.6 is 11.6 Å². The number of aromatic nitrogens is 1. The number of carbonyl (C=O) groups is 1. The molecule has 0 aromatic carbocycles. The fraction of sp³-hybridized carbons (Fsp3) is 0.300. The number of nitrogens with zero attached hydrogens (tertiary/aromatic N) is 2. The van der Waals surface area contributed by atoms with Gasteiger partial charge in [-0.05, 0) is 6.07 Å². The Morgan fingerprint density at radius 2 is 2.35 bits per heavy atom. The van der Waals surface area contributed by atoms with Crippen LogP contribution in [0.25, 0.3) is 0 Å². The third-order valence-corrected chi connectivity index (χ3v) is 2.31. The molecule has 90 valence electrons. The van der Waals surface area contributed by atoms with E-state index in [1.54, 1.807) is 6.07 Å². The minimum absolute atomic E-state index is 0.0214. The lowest BCUT2D eigenvalue weighted by atomic mass is 10.1. The minimum Gasteiger partial charge on any atom is -0.469 e. The number of methoxy groups -OCH3 is 1. The molecule has 0 fully saturated rings. The number of hydrogen-bond donors (Lipinski definition) is 0. The number of nitriles is 1. The molecule has 0 atom stereocenters. The number of halogens is 3. The lowest BCUT2D eigenvalue weighted by molar-refractivity contribution is -0.139. The number of hydrogen-bond acceptors (Lipinski definition) is 4. The predicted octanol–water partition coefficient (Wildman–Crippen LogP) is 2.26. The summed E-state index contributed by atoms with van der Waals surface area (Å²) in [6.07, 6.45) is -3.20. The van der Waals surface area contributed by atoms with E-state index in [1.165, 1.54) is 6.07 Å². The third-order valence-electron chi connectivity index (χ3n) is 1.92. The highest BCUT2D eigenvalue weighted by molar-refractivity contribution is 6.32. The van der Waals surface area contributed by atoms with Crippen LogP contribution in [-0.4, -0.2) is 18.1 Å². The molecule has 0 saturated carbocycles. The zero-order valence-electron chi connectivity index (χ0n) is 8.71. The molecular formula is C10H7ClF2N2O2. The zero-order chi connectivity index (χ0) is 13.0. The van der Waals surface area contributed by atoms with Gasteiger partial charge < -0.3 is 4.74 Å². The Kier molecular flexibility index (Phi) is 4.35. The van der Waals surface area contributed by atoms with Crippen LogP contribution in [0.4, 0.5) is 8.78 Å². The summed E-state index contributed by atoms with van der Waals surface area (Å²) in [4.78, 5) is 14.5. The second-order valence-corrected chi connectivity index (χ2v) is 3.40. The zero-order valence-corrected chi connectivity index (χ0v) is 9.46. The molecule has 1 rings (SSSR count). The third kappa shape index (κ3) is 3.11. The average Bonchev–Trinajstić information content (AvgIpc) is 2.30. The van der Waals surface area contributed by atoms with Gasteiger partial charge >= 0.3 is 5.97 Å². The summed E-state index contributed by atoms with van der Waals surface area (Å²) < 4.78 is 29.5. The molecule has 0 aliphatic rings. The molecule has 0 amide bonds. The van der Waals surface area contributed by atoms with Gasteiger partial charge in [-0.25, -0.2) is 13.8 Å². The molecule has 0 bridgehead atoms. The summed E-state index contributed by atoms with van der Waals surface area (Å²) in [6, 6.07) is 2.85. The van der Waals surface area contributed by atoms with Crippen LogP contribution in [0.3, 0.4) is 0 Å². The first-order chi connectivity index (χ1) is 7.99. The summed E-state index contributed by atoms with van der Waals surface area (Å²) in [5.41, 5.74) is -0.825. The van der Waals surface area contributed by atoms with E-state index in [4.69, 9.17) is 16.9 Å². The first kappa shape index (κ1) is 13.3. The summed E-state index contributed by atoms with van der Waals surface area (Å²) in [7, 11) is 1.16. The van der Waals surface area contributed by atoms with Crippen molar-refractivity contribution in [3.63, 3.8) is 0 Å². The van der Waals surface area contributed by atoms with Gasteiger partial charge in [-0.3, -0.25) is 4.79 Å². The smallest absolute Gasteiger partial charge is 0.311 e. The van der Waals surface area contributed by atoms with E-state index in [1.807, 2.05) is 0 Å². The molecule has 1 heterocycles. The maximum absolute atomic E-state index is 12.6. The van der Waals surface area contributed by atoms with Crippen molar-refractivity contribution in [1.82, 2.24) is 4.98 Å². The van der Waals surface area contributed by atoms with Gasteiger partial charge in [0.1, 0.15) is 11.8 Å². The minimum atomic E-state index is -2.91. The Morgan fingerprint density at radius 3 is 2.82 bits per heavy atom. The molecular weight excluding hydrogens is 254 g/mol. The predicted molar refractivity (Wildman–Crippen MR) is 54.6 cm³/mol. The monoisotopic (exact) mass is 260 g/mol. The van der Waals surface area contributed by atoms with Crippen LogP contribution in [0.2, 0.25) is 5.02 Å². The standard InChI is InChI=1S/C10H7ClF2N2O2/c1-17-7(16)3-6-2-5(4-14)8(11)9(15-6)10(12)13/h2,10H,3H2,1H3. The van der Waals surface area contributed by atoms with Crippen LogP contribution in [0.15, 0.2) is 6.07 Å². The van der Waals surface area contributed by atoms with Crippen LogP contribution in [0.5, 0.6) is 0 Å². The maximum Gasteiger partial charge on any atom is 0.311 e. The van der Waals surface area contributed by atoms with Crippen LogP contribution < -0.4 is 0 Å². The quantitative estimate of drug-likeness (QED) is 0.782. The van der Waals surface area contributed by atoms with E-state index < -0.39 is 23.1 Å². The largest absolute Gasteiger partial charge is 0.469 e. The molecule has 0 aliphatic carbocycles. The Labute approximate surface area is 101 Å². The molecule has 0 aliphatic heterocycles. The normalized spacial score (nSPS) is 10.1. The summed E-state index contributed by atoms with van der Waals surface area (Å²) in [5, 5.41) is 8.32. The van der Waals surface area contributed by atoms with E-state index in [9.17, 15) is 13.6 Å². The van der Waals surface area contributed by atoms with Crippen LogP contribution in [0.1, 0.15) is 23.4 Å². The number of alkyl halides is 2. The number of rotatable bonds is 3. The summed E-state index contributed by atoms with van der Waals surface area (Å²) in [5.74, 6) is -0.635. The van der Waals surface area contributed by atoms with Gasteiger partial charge in [0.05, 0.1) is 29.8 Å². The van der Waals surface area contributed by atoms with Gasteiger partial charge in [0.2, 0.25) is 0 Å². The summed E-state index contributed by atoms with van der Waals surface area (Å²) >= 11 is 5.57. The number of ether oxygens (including phenoxy) is 1. The van der Waals surface area contributed by atoms with Gasteiger partial charge in [0.15, 0.2) is 0 Å². The van der Waals surface area contributed by atoms with Crippen LogP contribution in [0, 0.1) is 11.3 Å². The van der Waals surface area contributed by atoms with E-state index in [0.29, 0.717) is 0 Å². The van der Waals surface area contributed by atoms with Crippen LogP contribution in [-0.2, 0) is 16.0 Å².